The second kappa shape index (κ2) is 5.14. The van der Waals surface area contributed by atoms with Gasteiger partial charge in [-0.3, -0.25) is 0 Å². The molecule has 0 aliphatic rings. The predicted octanol–water partition coefficient (Wildman–Crippen LogP) is 1.26. The van der Waals surface area contributed by atoms with E-state index in [1.54, 1.807) is 0 Å². The summed E-state index contributed by atoms with van der Waals surface area (Å²) in [5, 5.41) is 7.43. The van der Waals surface area contributed by atoms with Crippen molar-refractivity contribution in [2.75, 3.05) is 18.4 Å². The van der Waals surface area contributed by atoms with Crippen molar-refractivity contribution in [2.24, 2.45) is 0 Å². The van der Waals surface area contributed by atoms with Gasteiger partial charge in [-0.1, -0.05) is 13.8 Å². The van der Waals surface area contributed by atoms with Gasteiger partial charge in [-0.15, -0.1) is 0 Å². The summed E-state index contributed by atoms with van der Waals surface area (Å²) in [5.41, 5.74) is 0. The molecule has 13 heavy (non-hydrogen) atoms. The Morgan fingerprint density at radius 3 is 2.69 bits per heavy atom. The van der Waals surface area contributed by atoms with Gasteiger partial charge in [0.15, 0.2) is 0 Å². The molecule has 0 saturated heterocycles. The van der Waals surface area contributed by atoms with Gasteiger partial charge in [0.2, 0.25) is 5.13 Å². The van der Waals surface area contributed by atoms with Crippen molar-refractivity contribution in [1.82, 2.24) is 14.7 Å². The van der Waals surface area contributed by atoms with Crippen molar-refractivity contribution in [3.63, 3.8) is 0 Å². The van der Waals surface area contributed by atoms with Crippen LogP contribution in [0.4, 0.5) is 5.13 Å². The highest BCUT2D eigenvalue weighted by Gasteiger charge is 1.97. The topological polar surface area (TPSA) is 49.8 Å². The number of anilines is 1. The Hall–Kier alpha value is -0.680. The number of nitrogens with zero attached hydrogens (tertiary/aromatic N) is 2. The average Bonchev–Trinajstić information content (AvgIpc) is 2.45. The van der Waals surface area contributed by atoms with Crippen LogP contribution < -0.4 is 10.6 Å². The van der Waals surface area contributed by atoms with E-state index in [2.05, 4.69) is 33.8 Å². The third kappa shape index (κ3) is 4.19. The second-order valence-electron chi connectivity index (χ2n) is 3.18. The maximum atomic E-state index is 4.20. The molecule has 0 aliphatic carbocycles. The molecule has 1 aromatic rings. The third-order valence-corrected chi connectivity index (χ3v) is 2.25. The number of aryl methyl sites for hydroxylation is 1. The van der Waals surface area contributed by atoms with Gasteiger partial charge in [0.1, 0.15) is 5.82 Å². The molecule has 0 atom stereocenters. The first-order valence-corrected chi connectivity index (χ1v) is 5.23. The fourth-order valence-electron chi connectivity index (χ4n) is 0.899. The largest absolute Gasteiger partial charge is 0.359 e. The van der Waals surface area contributed by atoms with Crippen LogP contribution in [0.15, 0.2) is 0 Å². The third-order valence-electron chi connectivity index (χ3n) is 1.48. The summed E-state index contributed by atoms with van der Waals surface area (Å²) in [6, 6.07) is 0.540. The van der Waals surface area contributed by atoms with Gasteiger partial charge < -0.3 is 10.6 Å². The van der Waals surface area contributed by atoms with Crippen LogP contribution >= 0.6 is 11.5 Å². The second-order valence-corrected chi connectivity index (χ2v) is 3.93. The zero-order valence-electron chi connectivity index (χ0n) is 8.29. The maximum Gasteiger partial charge on any atom is 0.202 e. The minimum absolute atomic E-state index is 0.540. The predicted molar refractivity (Wildman–Crippen MR) is 56.3 cm³/mol. The SMILES string of the molecule is Cc1nsc(NCCNC(C)C)n1. The average molecular weight is 200 g/mol. The van der Waals surface area contributed by atoms with Gasteiger partial charge in [-0.2, -0.15) is 4.37 Å². The van der Waals surface area contributed by atoms with Crippen LogP contribution in [0.25, 0.3) is 0 Å². The minimum Gasteiger partial charge on any atom is -0.359 e. The molecule has 1 rings (SSSR count). The quantitative estimate of drug-likeness (QED) is 0.702. The van der Waals surface area contributed by atoms with E-state index >= 15 is 0 Å². The molecule has 0 unspecified atom stereocenters. The van der Waals surface area contributed by atoms with Gasteiger partial charge in [0, 0.05) is 30.7 Å². The first-order chi connectivity index (χ1) is 6.18. The first kappa shape index (κ1) is 10.4. The van der Waals surface area contributed by atoms with Crippen LogP contribution in [-0.4, -0.2) is 28.5 Å². The summed E-state index contributed by atoms with van der Waals surface area (Å²) in [6.07, 6.45) is 0. The molecule has 4 nitrogen and oxygen atoms in total. The lowest BCUT2D eigenvalue weighted by Crippen LogP contribution is -2.28. The van der Waals surface area contributed by atoms with Crippen molar-refractivity contribution in [2.45, 2.75) is 26.8 Å². The molecule has 1 aromatic heterocycles. The van der Waals surface area contributed by atoms with Gasteiger partial charge >= 0.3 is 0 Å². The minimum atomic E-state index is 0.540. The van der Waals surface area contributed by atoms with Gasteiger partial charge in [-0.05, 0) is 6.92 Å². The Morgan fingerprint density at radius 1 is 1.38 bits per heavy atom. The molecule has 0 aromatic carbocycles. The zero-order chi connectivity index (χ0) is 9.68. The Bertz CT molecular complexity index is 246. The lowest BCUT2D eigenvalue weighted by atomic mass is 10.4. The summed E-state index contributed by atoms with van der Waals surface area (Å²) in [4.78, 5) is 4.20. The Balaban J connectivity index is 2.13. The summed E-state index contributed by atoms with van der Waals surface area (Å²) >= 11 is 1.41. The molecule has 2 N–H and O–H groups in total. The monoisotopic (exact) mass is 200 g/mol. The Labute approximate surface area is 82.9 Å². The normalized spacial score (nSPS) is 10.8. The molecular formula is C8H16N4S. The lowest BCUT2D eigenvalue weighted by Gasteiger charge is -2.07. The van der Waals surface area contributed by atoms with Crippen LogP contribution in [0.3, 0.4) is 0 Å². The summed E-state index contributed by atoms with van der Waals surface area (Å²) in [7, 11) is 0. The van der Waals surface area contributed by atoms with E-state index in [-0.39, 0.29) is 0 Å². The van der Waals surface area contributed by atoms with E-state index in [0.29, 0.717) is 6.04 Å². The van der Waals surface area contributed by atoms with E-state index in [0.717, 1.165) is 24.0 Å². The fraction of sp³-hybridized carbons (Fsp3) is 0.750. The van der Waals surface area contributed by atoms with E-state index in [1.807, 2.05) is 6.92 Å². The molecule has 1 heterocycles. The summed E-state index contributed by atoms with van der Waals surface area (Å²) in [5.74, 6) is 0.837. The number of hydrogen-bond donors (Lipinski definition) is 2. The molecule has 0 radical (unpaired) electrons. The van der Waals surface area contributed by atoms with Crippen molar-refractivity contribution in [3.8, 4) is 0 Å². The Kier molecular flexibility index (Phi) is 4.11. The molecule has 0 aliphatic heterocycles. The van der Waals surface area contributed by atoms with Gasteiger partial charge in [0.25, 0.3) is 0 Å². The maximum absolute atomic E-state index is 4.20. The number of aromatic nitrogens is 2. The first-order valence-electron chi connectivity index (χ1n) is 4.46. The fourth-order valence-corrected chi connectivity index (χ4v) is 1.50. The molecule has 0 bridgehead atoms. The molecule has 74 valence electrons. The van der Waals surface area contributed by atoms with Crippen molar-refractivity contribution < 1.29 is 0 Å². The smallest absolute Gasteiger partial charge is 0.202 e. The highest BCUT2D eigenvalue weighted by Crippen LogP contribution is 2.08. The van der Waals surface area contributed by atoms with Gasteiger partial charge in [-0.25, -0.2) is 4.98 Å². The van der Waals surface area contributed by atoms with Crippen molar-refractivity contribution in [1.29, 1.82) is 0 Å². The highest BCUT2D eigenvalue weighted by molar-refractivity contribution is 7.09. The molecular weight excluding hydrogens is 184 g/mol. The van der Waals surface area contributed by atoms with Crippen molar-refractivity contribution in [3.05, 3.63) is 5.82 Å². The molecule has 0 fully saturated rings. The van der Waals surface area contributed by atoms with E-state index in [9.17, 15) is 0 Å². The van der Waals surface area contributed by atoms with Crippen LogP contribution in [-0.2, 0) is 0 Å². The van der Waals surface area contributed by atoms with Crippen LogP contribution in [0, 0.1) is 6.92 Å². The molecule has 0 amide bonds. The van der Waals surface area contributed by atoms with Crippen LogP contribution in [0.2, 0.25) is 0 Å². The van der Waals surface area contributed by atoms with Crippen LogP contribution in [0.1, 0.15) is 19.7 Å². The highest BCUT2D eigenvalue weighted by atomic mass is 32.1. The Morgan fingerprint density at radius 2 is 2.15 bits per heavy atom. The molecule has 0 spiro atoms. The van der Waals surface area contributed by atoms with Gasteiger partial charge in [0.05, 0.1) is 0 Å². The molecule has 0 saturated carbocycles. The number of nitrogens with one attached hydrogen (secondary N) is 2. The van der Waals surface area contributed by atoms with E-state index in [4.69, 9.17) is 0 Å². The number of rotatable bonds is 5. The molecule has 5 heteroatoms. The van der Waals surface area contributed by atoms with E-state index < -0.39 is 0 Å². The summed E-state index contributed by atoms with van der Waals surface area (Å²) in [6.45, 7) is 8.02. The van der Waals surface area contributed by atoms with Crippen LogP contribution in [0.5, 0.6) is 0 Å². The zero-order valence-corrected chi connectivity index (χ0v) is 9.11. The van der Waals surface area contributed by atoms with Crippen molar-refractivity contribution >= 4 is 16.7 Å². The lowest BCUT2D eigenvalue weighted by molar-refractivity contribution is 0.602. The number of hydrogen-bond acceptors (Lipinski definition) is 5. The summed E-state index contributed by atoms with van der Waals surface area (Å²) < 4.78 is 4.08. The standard InChI is InChI=1S/C8H16N4S/c1-6(2)9-4-5-10-8-11-7(3)12-13-8/h6,9H,4-5H2,1-3H3,(H,10,11,12). The van der Waals surface area contributed by atoms with E-state index in [1.165, 1.54) is 11.5 Å².